The van der Waals surface area contributed by atoms with Crippen molar-refractivity contribution in [3.63, 3.8) is 0 Å². The van der Waals surface area contributed by atoms with Crippen molar-refractivity contribution in [1.29, 1.82) is 0 Å². The van der Waals surface area contributed by atoms with Gasteiger partial charge in [-0.25, -0.2) is 24.0 Å². The highest BCUT2D eigenvalue weighted by Gasteiger charge is 2.53. The molecule has 16 nitrogen and oxygen atoms in total. The number of ether oxygens (including phenoxy) is 1. The van der Waals surface area contributed by atoms with Gasteiger partial charge < -0.3 is 25.1 Å². The summed E-state index contributed by atoms with van der Waals surface area (Å²) in [6, 6.07) is 15.1. The largest absolute Gasteiger partial charge is 0.379 e. The lowest BCUT2D eigenvalue weighted by atomic mass is 9.87. The lowest BCUT2D eigenvalue weighted by Gasteiger charge is -2.37. The van der Waals surface area contributed by atoms with Crippen LogP contribution in [0.1, 0.15) is 32.1 Å². The molecule has 1 aromatic heterocycles. The number of carbonyl (C=O) groups excluding carboxylic acids is 6. The number of hydrogen-bond donors (Lipinski definition) is 2. The Balaban J connectivity index is 0.953. The molecule has 47 heavy (non-hydrogen) atoms. The zero-order valence-corrected chi connectivity index (χ0v) is 25.3. The van der Waals surface area contributed by atoms with E-state index in [1.54, 1.807) is 58.2 Å². The summed E-state index contributed by atoms with van der Waals surface area (Å²) >= 11 is 0. The fourth-order valence-corrected chi connectivity index (χ4v) is 5.58. The number of piperidine rings is 1. The van der Waals surface area contributed by atoms with Gasteiger partial charge in [0.1, 0.15) is 11.2 Å². The molecule has 3 saturated heterocycles. The minimum Gasteiger partial charge on any atom is -0.379 e. The van der Waals surface area contributed by atoms with Crippen LogP contribution in [0.4, 0.5) is 21.0 Å². The molecule has 16 heteroatoms. The van der Waals surface area contributed by atoms with Crippen LogP contribution in [-0.2, 0) is 35.3 Å². The minimum atomic E-state index is -1.04. The molecular formula is C31H32N8O8. The molecule has 3 aromatic rings. The van der Waals surface area contributed by atoms with Gasteiger partial charge in [-0.2, -0.15) is 0 Å². The molecule has 0 aliphatic carbocycles. The third-order valence-corrected chi connectivity index (χ3v) is 8.14. The van der Waals surface area contributed by atoms with Crippen molar-refractivity contribution >= 4 is 47.1 Å². The smallest absolute Gasteiger partial charge is 0.335 e. The van der Waals surface area contributed by atoms with Crippen LogP contribution in [0, 0.1) is 0 Å². The van der Waals surface area contributed by atoms with E-state index in [1.165, 1.54) is 0 Å². The van der Waals surface area contributed by atoms with Crippen molar-refractivity contribution in [1.82, 2.24) is 30.3 Å². The Kier molecular flexibility index (Phi) is 8.92. The number of benzene rings is 2. The van der Waals surface area contributed by atoms with E-state index in [4.69, 9.17) is 9.57 Å². The fraction of sp³-hybridized carbons (Fsp3) is 0.355. The van der Waals surface area contributed by atoms with E-state index in [9.17, 15) is 28.8 Å². The van der Waals surface area contributed by atoms with Crippen LogP contribution in [-0.4, -0.2) is 92.6 Å². The van der Waals surface area contributed by atoms with Crippen LogP contribution < -0.4 is 15.5 Å². The summed E-state index contributed by atoms with van der Waals surface area (Å²) in [7, 11) is 0. The number of rotatable bonds is 10. The van der Waals surface area contributed by atoms with Gasteiger partial charge in [0.2, 0.25) is 0 Å². The number of nitrogens with one attached hydrogen (secondary N) is 2. The van der Waals surface area contributed by atoms with Crippen molar-refractivity contribution in [2.75, 3.05) is 36.5 Å². The number of amides is 7. The maximum Gasteiger partial charge on any atom is 0.335 e. The Bertz CT molecular complexity index is 1690. The maximum atomic E-state index is 13.3. The SMILES string of the molecule is O=C(CCOCCn1cc(-c2cccc(NC(=O)N3CCC4(CC3)NC(=O)N(c3ccccc3)C4=O)c2)nn1)ON1C(=O)CCC1=O. The molecule has 0 atom stereocenters. The highest BCUT2D eigenvalue weighted by molar-refractivity contribution is 6.23. The Labute approximate surface area is 268 Å². The van der Waals surface area contributed by atoms with Crippen molar-refractivity contribution in [2.24, 2.45) is 0 Å². The van der Waals surface area contributed by atoms with E-state index in [0.29, 0.717) is 41.5 Å². The molecule has 0 saturated carbocycles. The molecule has 0 bridgehead atoms. The van der Waals surface area contributed by atoms with E-state index in [2.05, 4.69) is 20.9 Å². The number of urea groups is 2. The van der Waals surface area contributed by atoms with Gasteiger partial charge in [-0.1, -0.05) is 35.5 Å². The predicted molar refractivity (Wildman–Crippen MR) is 163 cm³/mol. The third kappa shape index (κ3) is 6.81. The van der Waals surface area contributed by atoms with Gasteiger partial charge in [0.25, 0.3) is 17.7 Å². The Morgan fingerprint density at radius 1 is 0.936 bits per heavy atom. The molecule has 1 spiro atoms. The maximum absolute atomic E-state index is 13.3. The first-order chi connectivity index (χ1) is 22.7. The summed E-state index contributed by atoms with van der Waals surface area (Å²) in [6.45, 7) is 1.19. The Hall–Kier alpha value is -5.64. The number of hydroxylamine groups is 2. The number of nitrogens with zero attached hydrogens (tertiary/aromatic N) is 6. The van der Waals surface area contributed by atoms with Crippen molar-refractivity contribution in [2.45, 2.75) is 44.2 Å². The fourth-order valence-electron chi connectivity index (χ4n) is 5.58. The molecule has 2 N–H and O–H groups in total. The van der Waals surface area contributed by atoms with Crippen LogP contribution in [0.3, 0.4) is 0 Å². The van der Waals surface area contributed by atoms with Crippen LogP contribution >= 0.6 is 0 Å². The second kappa shape index (κ2) is 13.4. The number of aromatic nitrogens is 3. The summed E-state index contributed by atoms with van der Waals surface area (Å²) in [5.74, 6) is -2.12. The summed E-state index contributed by atoms with van der Waals surface area (Å²) in [6.07, 6.45) is 2.25. The van der Waals surface area contributed by atoms with Crippen LogP contribution in [0.25, 0.3) is 11.3 Å². The molecule has 3 aliphatic heterocycles. The van der Waals surface area contributed by atoms with Crippen LogP contribution in [0.2, 0.25) is 0 Å². The van der Waals surface area contributed by atoms with E-state index < -0.39 is 29.4 Å². The molecular weight excluding hydrogens is 612 g/mol. The standard InChI is InChI=1S/C31H32N8O8/c40-25-9-10-26(41)39(25)47-27(42)11-17-46-18-16-37-20-24(34-35-37)21-5-4-6-22(19-21)32-29(44)36-14-12-31(13-15-36)28(43)38(30(45)33-31)23-7-2-1-3-8-23/h1-8,19-20H,9-18H2,(H,32,44)(H,33,45). The predicted octanol–water partition coefficient (Wildman–Crippen LogP) is 2.08. The first-order valence-corrected chi connectivity index (χ1v) is 15.1. The molecule has 3 fully saturated rings. The average molecular weight is 645 g/mol. The van der Waals surface area contributed by atoms with Gasteiger partial charge in [-0.3, -0.25) is 14.4 Å². The molecule has 7 amide bonds. The topological polar surface area (TPSA) is 185 Å². The molecule has 3 aliphatic rings. The van der Waals surface area contributed by atoms with Crippen molar-refractivity contribution < 1.29 is 38.3 Å². The van der Waals surface area contributed by atoms with E-state index in [0.717, 1.165) is 10.5 Å². The van der Waals surface area contributed by atoms with Gasteiger partial charge in [-0.15, -0.1) is 10.2 Å². The zero-order valence-electron chi connectivity index (χ0n) is 25.3. The first-order valence-electron chi connectivity index (χ1n) is 15.1. The monoisotopic (exact) mass is 644 g/mol. The number of hydrogen-bond acceptors (Lipinski definition) is 10. The average Bonchev–Trinajstić information content (AvgIpc) is 3.74. The lowest BCUT2D eigenvalue weighted by molar-refractivity contribution is -0.198. The van der Waals surface area contributed by atoms with Crippen LogP contribution in [0.5, 0.6) is 0 Å². The normalized spacial score (nSPS) is 17.4. The van der Waals surface area contributed by atoms with Crippen molar-refractivity contribution in [3.05, 3.63) is 60.8 Å². The summed E-state index contributed by atoms with van der Waals surface area (Å²) in [5.41, 5.74) is 1.32. The minimum absolute atomic E-state index is 0.0306. The second-order valence-corrected chi connectivity index (χ2v) is 11.3. The van der Waals surface area contributed by atoms with Crippen molar-refractivity contribution in [3.8, 4) is 11.3 Å². The summed E-state index contributed by atoms with van der Waals surface area (Å²) in [5, 5.41) is 14.6. The number of imide groups is 2. The van der Waals surface area contributed by atoms with Gasteiger partial charge in [0.15, 0.2) is 0 Å². The van der Waals surface area contributed by atoms with Gasteiger partial charge >= 0.3 is 18.0 Å². The molecule has 0 unspecified atom stereocenters. The number of carbonyl (C=O) groups is 6. The highest BCUT2D eigenvalue weighted by Crippen LogP contribution is 2.32. The zero-order chi connectivity index (χ0) is 33.0. The number of likely N-dealkylation sites (tertiary alicyclic amines) is 1. The van der Waals surface area contributed by atoms with Gasteiger partial charge in [0.05, 0.1) is 38.1 Å². The van der Waals surface area contributed by atoms with E-state index >= 15 is 0 Å². The van der Waals surface area contributed by atoms with E-state index in [1.807, 2.05) is 12.1 Å². The number of anilines is 2. The Morgan fingerprint density at radius 3 is 2.43 bits per heavy atom. The molecule has 0 radical (unpaired) electrons. The quantitative estimate of drug-likeness (QED) is 0.188. The molecule has 2 aromatic carbocycles. The van der Waals surface area contributed by atoms with Gasteiger partial charge in [0, 0.05) is 37.2 Å². The third-order valence-electron chi connectivity index (χ3n) is 8.14. The Morgan fingerprint density at radius 2 is 1.68 bits per heavy atom. The highest BCUT2D eigenvalue weighted by atomic mass is 16.7. The number of para-hydroxylation sites is 1. The second-order valence-electron chi connectivity index (χ2n) is 11.3. The van der Waals surface area contributed by atoms with Crippen LogP contribution in [0.15, 0.2) is 60.8 Å². The molecule has 4 heterocycles. The van der Waals surface area contributed by atoms with E-state index in [-0.39, 0.29) is 57.5 Å². The lowest BCUT2D eigenvalue weighted by Crippen LogP contribution is -2.56. The summed E-state index contributed by atoms with van der Waals surface area (Å²) < 4.78 is 7.03. The van der Waals surface area contributed by atoms with Gasteiger partial charge in [-0.05, 0) is 37.1 Å². The molecule has 6 rings (SSSR count). The molecule has 244 valence electrons. The first kappa shape index (κ1) is 31.3. The summed E-state index contributed by atoms with van der Waals surface area (Å²) in [4.78, 5) is 81.6.